The normalized spacial score (nSPS) is 17.9. The molecule has 0 atom stereocenters. The number of unbranched alkanes of at least 4 members (excludes halogenated alkanes) is 1. The Bertz CT molecular complexity index is 3410. The molecule has 0 bridgehead atoms. The zero-order valence-electron chi connectivity index (χ0n) is 43.3. The van der Waals surface area contributed by atoms with Gasteiger partial charge in [0.15, 0.2) is 0 Å². The van der Waals surface area contributed by atoms with Crippen LogP contribution in [0.25, 0.3) is 44.0 Å². The lowest BCUT2D eigenvalue weighted by molar-refractivity contribution is 0.332. The highest BCUT2D eigenvalue weighted by molar-refractivity contribution is 6.95. The van der Waals surface area contributed by atoms with Crippen LogP contribution in [0.15, 0.2) is 120 Å². The molecule has 69 heavy (non-hydrogen) atoms. The smallest absolute Gasteiger partial charge is 0.337 e. The summed E-state index contributed by atoms with van der Waals surface area (Å²) in [6.45, 7) is 28.6. The Morgan fingerprint density at radius 2 is 1.17 bits per heavy atom. The van der Waals surface area contributed by atoms with Crippen molar-refractivity contribution in [2.75, 3.05) is 9.71 Å². The van der Waals surface area contributed by atoms with Gasteiger partial charge in [-0.2, -0.15) is 0 Å². The summed E-state index contributed by atoms with van der Waals surface area (Å²) in [6.07, 6.45) is 8.09. The minimum Gasteiger partial charge on any atom is -0.440 e. The number of furan rings is 1. The van der Waals surface area contributed by atoms with Crippen molar-refractivity contribution in [3.8, 4) is 22.3 Å². The van der Waals surface area contributed by atoms with Gasteiger partial charge in [0.1, 0.15) is 5.58 Å². The number of hydrogen-bond donors (Lipinski definition) is 0. The van der Waals surface area contributed by atoms with Crippen molar-refractivity contribution in [2.45, 2.75) is 150 Å². The van der Waals surface area contributed by atoms with Crippen molar-refractivity contribution in [1.29, 1.82) is 0 Å². The molecule has 0 saturated carbocycles. The number of benzene rings is 7. The summed E-state index contributed by atoms with van der Waals surface area (Å²) >= 11 is 0. The molecule has 3 nitrogen and oxygen atoms in total. The second kappa shape index (κ2) is 15.3. The van der Waals surface area contributed by atoms with Crippen LogP contribution >= 0.6 is 0 Å². The van der Waals surface area contributed by atoms with Crippen LogP contribution in [0.5, 0.6) is 0 Å². The number of rotatable bonds is 6. The first-order valence-corrected chi connectivity index (χ1v) is 26.1. The van der Waals surface area contributed by atoms with Crippen LogP contribution in [0.3, 0.4) is 0 Å². The van der Waals surface area contributed by atoms with Gasteiger partial charge in [0, 0.05) is 38.9 Å². The lowest BCUT2D eigenvalue weighted by Crippen LogP contribution is -2.61. The minimum absolute atomic E-state index is 0.0256. The Hall–Kier alpha value is -6.00. The molecule has 0 spiro atoms. The molecule has 12 rings (SSSR count). The summed E-state index contributed by atoms with van der Waals surface area (Å²) in [7, 11) is 0. The monoisotopic (exact) mass is 905 g/mol. The molecule has 7 aromatic carbocycles. The number of hydrogen-bond acceptors (Lipinski definition) is 3. The fraction of sp³-hybridized carbons (Fsp3) is 0.354. The maximum absolute atomic E-state index is 7.75. The number of nitrogens with zero attached hydrogens (tertiary/aromatic N) is 2. The maximum Gasteiger partial charge on any atom is 0.337 e. The van der Waals surface area contributed by atoms with Crippen LogP contribution in [-0.4, -0.2) is 6.85 Å². The van der Waals surface area contributed by atoms with Gasteiger partial charge in [0.2, 0.25) is 5.88 Å². The molecule has 4 aliphatic rings. The van der Waals surface area contributed by atoms with E-state index in [9.17, 15) is 0 Å². The standard InChI is InChI=1S/C65H69BN2O/c1-13-14-20-42-23-26-45(27-24-42)68-60-46-22-16-15-21-43(46)25-28-47(60)48-34-44(57-39(2)18-17-19-40(57)3)35-55-58(48)66(68)59-49-36-51-53(65(11,12)32-30-63(51,7)8)38-56(49)69-61(59)67(55)54-37-52-50(33-41(54)4)62(5,6)29-31-64(52,9)10/h15-19,21-28,33-38H,13-14,20,29-32H2,1-12H3. The van der Waals surface area contributed by atoms with Gasteiger partial charge in [-0.15, -0.1) is 0 Å². The Balaban J connectivity index is 1.26. The molecule has 0 unspecified atom stereocenters. The minimum atomic E-state index is -0.180. The maximum atomic E-state index is 7.75. The van der Waals surface area contributed by atoms with Crippen LogP contribution in [0.2, 0.25) is 0 Å². The fourth-order valence-electron chi connectivity index (χ4n) is 13.4. The summed E-state index contributed by atoms with van der Waals surface area (Å²) in [4.78, 5) is 5.30. The molecule has 4 heteroatoms. The van der Waals surface area contributed by atoms with Crippen molar-refractivity contribution >= 4 is 68.1 Å². The highest BCUT2D eigenvalue weighted by Gasteiger charge is 2.50. The van der Waals surface area contributed by atoms with E-state index in [0.717, 1.165) is 37.2 Å². The molecule has 8 aromatic rings. The zero-order valence-corrected chi connectivity index (χ0v) is 43.3. The largest absolute Gasteiger partial charge is 0.440 e. The van der Waals surface area contributed by atoms with Gasteiger partial charge in [-0.05, 0) is 195 Å². The van der Waals surface area contributed by atoms with Crippen molar-refractivity contribution in [3.05, 3.63) is 160 Å². The van der Waals surface area contributed by atoms with E-state index in [1.807, 2.05) is 0 Å². The van der Waals surface area contributed by atoms with Crippen LogP contribution < -0.4 is 20.6 Å². The van der Waals surface area contributed by atoms with E-state index in [0.29, 0.717) is 0 Å². The van der Waals surface area contributed by atoms with Crippen LogP contribution in [0, 0.1) is 20.8 Å². The highest BCUT2D eigenvalue weighted by atomic mass is 16.4. The summed E-state index contributed by atoms with van der Waals surface area (Å²) in [5.74, 6) is 0.939. The van der Waals surface area contributed by atoms with Gasteiger partial charge < -0.3 is 9.23 Å². The van der Waals surface area contributed by atoms with E-state index < -0.39 is 0 Å². The third kappa shape index (κ3) is 6.59. The van der Waals surface area contributed by atoms with Gasteiger partial charge in [-0.25, -0.2) is 0 Å². The van der Waals surface area contributed by atoms with Crippen LogP contribution in [0.1, 0.15) is 145 Å². The number of anilines is 5. The predicted molar refractivity (Wildman–Crippen MR) is 296 cm³/mol. The molecule has 0 fully saturated rings. The molecule has 2 aliphatic carbocycles. The van der Waals surface area contributed by atoms with Gasteiger partial charge >= 0.3 is 6.85 Å². The Morgan fingerprint density at radius 3 is 1.84 bits per heavy atom. The lowest BCUT2D eigenvalue weighted by atomic mass is 9.43. The molecule has 0 amide bonds. The van der Waals surface area contributed by atoms with E-state index in [4.69, 9.17) is 4.42 Å². The molecule has 1 aromatic heterocycles. The van der Waals surface area contributed by atoms with Crippen molar-refractivity contribution in [3.63, 3.8) is 0 Å². The third-order valence-electron chi connectivity index (χ3n) is 17.7. The molecule has 348 valence electrons. The van der Waals surface area contributed by atoms with Gasteiger partial charge in [0.25, 0.3) is 0 Å². The van der Waals surface area contributed by atoms with Crippen molar-refractivity contribution in [2.24, 2.45) is 0 Å². The molecule has 3 heterocycles. The van der Waals surface area contributed by atoms with E-state index in [1.165, 1.54) is 136 Å². The van der Waals surface area contributed by atoms with E-state index in [2.05, 4.69) is 208 Å². The third-order valence-corrected chi connectivity index (χ3v) is 17.7. The molecular formula is C65H69BN2O. The van der Waals surface area contributed by atoms with Gasteiger partial charge in [-0.1, -0.05) is 142 Å². The first kappa shape index (κ1) is 44.2. The molecule has 0 N–H and O–H groups in total. The average molecular weight is 905 g/mol. The predicted octanol–water partition coefficient (Wildman–Crippen LogP) is 16.9. The topological polar surface area (TPSA) is 19.6 Å². The van der Waals surface area contributed by atoms with Gasteiger partial charge in [-0.3, -0.25) is 4.90 Å². The van der Waals surface area contributed by atoms with Crippen LogP contribution in [0.4, 0.5) is 28.6 Å². The molecule has 2 aliphatic heterocycles. The number of fused-ring (bicyclic) bond motifs is 10. The zero-order chi connectivity index (χ0) is 48.1. The van der Waals surface area contributed by atoms with Crippen molar-refractivity contribution in [1.82, 2.24) is 0 Å². The van der Waals surface area contributed by atoms with Gasteiger partial charge in [0.05, 0.1) is 5.69 Å². The highest BCUT2D eigenvalue weighted by Crippen LogP contribution is 2.55. The van der Waals surface area contributed by atoms with E-state index in [1.54, 1.807) is 0 Å². The second-order valence-electron chi connectivity index (χ2n) is 24.2. The quantitative estimate of drug-likeness (QED) is 0.155. The summed E-state index contributed by atoms with van der Waals surface area (Å²) in [5, 5.41) is 3.74. The second-order valence-corrected chi connectivity index (χ2v) is 24.2. The summed E-state index contributed by atoms with van der Waals surface area (Å²) in [5.41, 5.74) is 24.8. The molecule has 0 saturated heterocycles. The Morgan fingerprint density at radius 1 is 0.551 bits per heavy atom. The number of aryl methyl sites for hydroxylation is 4. The van der Waals surface area contributed by atoms with Crippen molar-refractivity contribution < 1.29 is 4.42 Å². The first-order valence-electron chi connectivity index (χ1n) is 26.1. The Kier molecular flexibility index (Phi) is 9.78. The summed E-state index contributed by atoms with van der Waals surface area (Å²) in [6, 6.07) is 45.4. The van der Waals surface area contributed by atoms with Crippen LogP contribution in [-0.2, 0) is 28.1 Å². The van der Waals surface area contributed by atoms with E-state index in [-0.39, 0.29) is 28.5 Å². The summed E-state index contributed by atoms with van der Waals surface area (Å²) < 4.78 is 7.75. The molecule has 0 radical (unpaired) electrons. The van der Waals surface area contributed by atoms with E-state index >= 15 is 0 Å². The Labute approximate surface area is 412 Å². The first-order chi connectivity index (χ1) is 32.9. The SMILES string of the molecule is CCCCc1ccc(N2B3c4c(cc(-c5c(C)cccc5C)cc4N(c4cc5c(cc4C)C(C)(C)CCC5(C)C)c4oc5cc6c(cc5c43)C(C)(C)CCC6(C)C)-c3ccc4ccccc4c32)cc1. The molecular weight excluding hydrogens is 836 g/mol. The lowest BCUT2D eigenvalue weighted by Gasteiger charge is -2.46. The fourth-order valence-corrected chi connectivity index (χ4v) is 13.4. The average Bonchev–Trinajstić information content (AvgIpc) is 3.69.